The molecule has 0 saturated carbocycles. The molecule has 2 amide bonds. The Labute approximate surface area is 117 Å². The number of para-hydroxylation sites is 3. The molecule has 0 atom stereocenters. The molecule has 0 aliphatic rings. The van der Waals surface area contributed by atoms with E-state index in [0.717, 1.165) is 0 Å². The number of hydrogen-bond donors (Lipinski definition) is 3. The fourth-order valence-corrected chi connectivity index (χ4v) is 1.82. The second-order valence-electron chi connectivity index (χ2n) is 3.80. The van der Waals surface area contributed by atoms with Crippen LogP contribution in [0.15, 0.2) is 53.4 Å². The summed E-state index contributed by atoms with van der Waals surface area (Å²) in [5.41, 5.74) is 1.26. The molecule has 0 unspecified atom stereocenters. The lowest BCUT2D eigenvalue weighted by Gasteiger charge is -2.11. The maximum Gasteiger partial charge on any atom is 0.323 e. The Morgan fingerprint density at radius 1 is 1.00 bits per heavy atom. The normalized spacial score (nSPS) is 9.79. The number of thiol groups is 1. The molecule has 2 aromatic rings. The number of ether oxygens (including phenoxy) is 1. The van der Waals surface area contributed by atoms with Gasteiger partial charge in [0.2, 0.25) is 0 Å². The first kappa shape index (κ1) is 13.3. The smallest absolute Gasteiger partial charge is 0.323 e. The number of benzene rings is 2. The van der Waals surface area contributed by atoms with Crippen LogP contribution in [0.3, 0.4) is 0 Å². The number of carbonyl (C=O) groups is 1. The minimum absolute atomic E-state index is 0.342. The van der Waals surface area contributed by atoms with Crippen LogP contribution in [0.5, 0.6) is 5.75 Å². The highest BCUT2D eigenvalue weighted by molar-refractivity contribution is 7.80. The van der Waals surface area contributed by atoms with Crippen LogP contribution >= 0.6 is 12.6 Å². The first-order chi connectivity index (χ1) is 9.20. The van der Waals surface area contributed by atoms with E-state index in [1.165, 1.54) is 0 Å². The Hall–Kier alpha value is -2.14. The van der Waals surface area contributed by atoms with Gasteiger partial charge < -0.3 is 15.4 Å². The highest BCUT2D eigenvalue weighted by atomic mass is 32.1. The van der Waals surface area contributed by atoms with Gasteiger partial charge in [-0.1, -0.05) is 24.3 Å². The number of amides is 2. The van der Waals surface area contributed by atoms with E-state index in [4.69, 9.17) is 4.74 Å². The van der Waals surface area contributed by atoms with Gasteiger partial charge in [0.15, 0.2) is 0 Å². The molecule has 2 aromatic carbocycles. The summed E-state index contributed by atoms with van der Waals surface area (Å²) in [7, 11) is 1.56. The van der Waals surface area contributed by atoms with Gasteiger partial charge in [0.25, 0.3) is 0 Å². The lowest BCUT2D eigenvalue weighted by atomic mass is 10.3. The van der Waals surface area contributed by atoms with Crippen molar-refractivity contribution in [2.24, 2.45) is 0 Å². The second-order valence-corrected chi connectivity index (χ2v) is 4.28. The molecule has 2 rings (SSSR count). The van der Waals surface area contributed by atoms with Crippen LogP contribution in [0, 0.1) is 0 Å². The lowest BCUT2D eigenvalue weighted by molar-refractivity contribution is 0.262. The Kier molecular flexibility index (Phi) is 4.30. The predicted octanol–water partition coefficient (Wildman–Crippen LogP) is 3.63. The summed E-state index contributed by atoms with van der Waals surface area (Å²) in [4.78, 5) is 12.6. The van der Waals surface area contributed by atoms with Gasteiger partial charge in [-0.05, 0) is 24.3 Å². The molecular weight excluding hydrogens is 260 g/mol. The van der Waals surface area contributed by atoms with Crippen LogP contribution in [-0.4, -0.2) is 13.1 Å². The monoisotopic (exact) mass is 274 g/mol. The molecule has 2 N–H and O–H groups in total. The Morgan fingerprint density at radius 2 is 1.58 bits per heavy atom. The van der Waals surface area contributed by atoms with Gasteiger partial charge >= 0.3 is 6.03 Å². The molecule has 0 spiro atoms. The zero-order chi connectivity index (χ0) is 13.7. The molecule has 0 aromatic heterocycles. The van der Waals surface area contributed by atoms with Crippen LogP contribution in [0.2, 0.25) is 0 Å². The molecule has 5 heteroatoms. The van der Waals surface area contributed by atoms with Crippen LogP contribution in [0.4, 0.5) is 16.2 Å². The molecule has 0 aliphatic heterocycles. The fourth-order valence-electron chi connectivity index (χ4n) is 1.60. The van der Waals surface area contributed by atoms with Crippen LogP contribution in [0.1, 0.15) is 0 Å². The van der Waals surface area contributed by atoms with Crippen molar-refractivity contribution >= 4 is 30.0 Å². The Morgan fingerprint density at radius 3 is 2.26 bits per heavy atom. The summed E-state index contributed by atoms with van der Waals surface area (Å²) in [6.45, 7) is 0. The summed E-state index contributed by atoms with van der Waals surface area (Å²) in [6.07, 6.45) is 0. The van der Waals surface area contributed by atoms with E-state index in [1.807, 2.05) is 30.3 Å². The zero-order valence-corrected chi connectivity index (χ0v) is 11.3. The third-order valence-electron chi connectivity index (χ3n) is 2.51. The van der Waals surface area contributed by atoms with Crippen molar-refractivity contribution in [3.05, 3.63) is 48.5 Å². The molecule has 0 radical (unpaired) electrons. The first-order valence-corrected chi connectivity index (χ1v) is 6.14. The molecule has 4 nitrogen and oxygen atoms in total. The first-order valence-electron chi connectivity index (χ1n) is 5.69. The van der Waals surface area contributed by atoms with Crippen LogP contribution in [0.25, 0.3) is 0 Å². The van der Waals surface area contributed by atoms with Crippen molar-refractivity contribution in [2.45, 2.75) is 4.90 Å². The van der Waals surface area contributed by atoms with Gasteiger partial charge in [-0.15, -0.1) is 12.6 Å². The minimum Gasteiger partial charge on any atom is -0.495 e. The molecule has 0 heterocycles. The van der Waals surface area contributed by atoms with Gasteiger partial charge in [-0.3, -0.25) is 0 Å². The van der Waals surface area contributed by atoms with E-state index in [2.05, 4.69) is 23.3 Å². The Bertz CT molecular complexity index is 587. The van der Waals surface area contributed by atoms with Crippen molar-refractivity contribution in [1.29, 1.82) is 0 Å². The van der Waals surface area contributed by atoms with Crippen molar-refractivity contribution < 1.29 is 9.53 Å². The van der Waals surface area contributed by atoms with E-state index >= 15 is 0 Å². The third kappa shape index (κ3) is 3.42. The van der Waals surface area contributed by atoms with Crippen LogP contribution in [-0.2, 0) is 0 Å². The molecule has 0 fully saturated rings. The van der Waals surface area contributed by atoms with E-state index in [9.17, 15) is 4.79 Å². The maximum absolute atomic E-state index is 11.9. The van der Waals surface area contributed by atoms with Crippen molar-refractivity contribution in [3.8, 4) is 5.75 Å². The minimum atomic E-state index is -0.342. The summed E-state index contributed by atoms with van der Waals surface area (Å²) < 4.78 is 5.16. The third-order valence-corrected chi connectivity index (χ3v) is 2.90. The van der Waals surface area contributed by atoms with Crippen molar-refractivity contribution in [2.75, 3.05) is 17.7 Å². The van der Waals surface area contributed by atoms with Crippen molar-refractivity contribution in [3.63, 3.8) is 0 Å². The number of rotatable bonds is 3. The molecule has 0 aliphatic carbocycles. The predicted molar refractivity (Wildman–Crippen MR) is 79.3 cm³/mol. The van der Waals surface area contributed by atoms with Gasteiger partial charge in [-0.2, -0.15) is 0 Å². The number of carbonyl (C=O) groups excluding carboxylic acids is 1. The second kappa shape index (κ2) is 6.15. The zero-order valence-electron chi connectivity index (χ0n) is 10.4. The van der Waals surface area contributed by atoms with Gasteiger partial charge in [0.1, 0.15) is 5.75 Å². The average Bonchev–Trinajstić information content (AvgIpc) is 2.42. The summed E-state index contributed by atoms with van der Waals surface area (Å²) in [5, 5.41) is 5.46. The van der Waals surface area contributed by atoms with Gasteiger partial charge in [-0.25, -0.2) is 4.79 Å². The topological polar surface area (TPSA) is 50.4 Å². The SMILES string of the molecule is COc1ccccc1NC(=O)Nc1ccccc1S. The van der Waals surface area contributed by atoms with Gasteiger partial charge in [0, 0.05) is 4.90 Å². The van der Waals surface area contributed by atoms with E-state index < -0.39 is 0 Å². The number of nitrogens with one attached hydrogen (secondary N) is 2. The van der Waals surface area contributed by atoms with E-state index in [-0.39, 0.29) is 6.03 Å². The Balaban J connectivity index is 2.08. The summed E-state index contributed by atoms with van der Waals surface area (Å²) in [6, 6.07) is 14.1. The lowest BCUT2D eigenvalue weighted by Crippen LogP contribution is -2.20. The molecule has 19 heavy (non-hydrogen) atoms. The standard InChI is InChI=1S/C14H14N2O2S/c1-18-12-8-4-2-6-10(12)15-14(17)16-11-7-3-5-9-13(11)19/h2-9,19H,1H3,(H2,15,16,17). The number of methoxy groups -OCH3 is 1. The van der Waals surface area contributed by atoms with E-state index in [0.29, 0.717) is 22.0 Å². The molecule has 0 saturated heterocycles. The largest absolute Gasteiger partial charge is 0.495 e. The molecular formula is C14H14N2O2S. The quantitative estimate of drug-likeness (QED) is 0.749. The van der Waals surface area contributed by atoms with Crippen molar-refractivity contribution in [1.82, 2.24) is 0 Å². The number of urea groups is 1. The summed E-state index contributed by atoms with van der Waals surface area (Å²) in [5.74, 6) is 0.608. The van der Waals surface area contributed by atoms with Gasteiger partial charge in [0.05, 0.1) is 18.5 Å². The maximum atomic E-state index is 11.9. The highest BCUT2D eigenvalue weighted by Gasteiger charge is 2.07. The van der Waals surface area contributed by atoms with E-state index in [1.54, 1.807) is 25.3 Å². The summed E-state index contributed by atoms with van der Waals surface area (Å²) >= 11 is 4.27. The molecule has 98 valence electrons. The highest BCUT2D eigenvalue weighted by Crippen LogP contribution is 2.24. The van der Waals surface area contributed by atoms with Crippen LogP contribution < -0.4 is 15.4 Å². The number of anilines is 2. The fraction of sp³-hybridized carbons (Fsp3) is 0.0714. The average molecular weight is 274 g/mol. The molecule has 0 bridgehead atoms. The number of hydrogen-bond acceptors (Lipinski definition) is 3.